The Hall–Kier alpha value is -1.26. The molecule has 20 heavy (non-hydrogen) atoms. The minimum Gasteiger partial charge on any atom is -0.310 e. The van der Waals surface area contributed by atoms with Gasteiger partial charge in [-0.2, -0.15) is 0 Å². The molecule has 1 unspecified atom stereocenters. The van der Waals surface area contributed by atoms with Crippen molar-refractivity contribution in [2.45, 2.75) is 19.4 Å². The lowest BCUT2D eigenvalue weighted by atomic mass is 10.1. The SMILES string of the molecule is CC(NCCc1ccc(F)cc1)c1ccc(F)c(Br)c1. The third-order valence-corrected chi connectivity index (χ3v) is 3.83. The van der Waals surface area contributed by atoms with E-state index in [1.165, 1.54) is 18.2 Å². The molecular weight excluding hydrogens is 324 g/mol. The van der Waals surface area contributed by atoms with E-state index in [2.05, 4.69) is 21.2 Å². The zero-order valence-corrected chi connectivity index (χ0v) is 12.8. The molecule has 4 heteroatoms. The Morgan fingerprint density at radius 2 is 1.80 bits per heavy atom. The summed E-state index contributed by atoms with van der Waals surface area (Å²) in [5, 5.41) is 3.37. The summed E-state index contributed by atoms with van der Waals surface area (Å²) in [5.74, 6) is -0.474. The molecule has 0 saturated carbocycles. The van der Waals surface area contributed by atoms with Crippen LogP contribution in [0.4, 0.5) is 8.78 Å². The van der Waals surface area contributed by atoms with Crippen LogP contribution in [0.2, 0.25) is 0 Å². The molecule has 0 heterocycles. The van der Waals surface area contributed by atoms with Gasteiger partial charge in [0.1, 0.15) is 11.6 Å². The lowest BCUT2D eigenvalue weighted by Gasteiger charge is -2.15. The van der Waals surface area contributed by atoms with Crippen molar-refractivity contribution in [3.05, 3.63) is 69.7 Å². The number of halogens is 3. The molecule has 0 aliphatic rings. The second-order valence-corrected chi connectivity index (χ2v) is 5.58. The largest absolute Gasteiger partial charge is 0.310 e. The summed E-state index contributed by atoms with van der Waals surface area (Å²) >= 11 is 3.19. The van der Waals surface area contributed by atoms with E-state index < -0.39 is 0 Å². The average molecular weight is 340 g/mol. The maximum Gasteiger partial charge on any atom is 0.137 e. The van der Waals surface area contributed by atoms with E-state index in [4.69, 9.17) is 0 Å². The van der Waals surface area contributed by atoms with Crippen molar-refractivity contribution in [2.75, 3.05) is 6.54 Å². The minimum absolute atomic E-state index is 0.132. The first-order valence-corrected chi connectivity index (χ1v) is 7.28. The highest BCUT2D eigenvalue weighted by atomic mass is 79.9. The summed E-state index contributed by atoms with van der Waals surface area (Å²) in [6, 6.07) is 11.7. The molecule has 2 aromatic rings. The van der Waals surface area contributed by atoms with Gasteiger partial charge >= 0.3 is 0 Å². The second kappa shape index (κ2) is 6.95. The molecule has 2 aromatic carbocycles. The van der Waals surface area contributed by atoms with Gasteiger partial charge in [-0.3, -0.25) is 0 Å². The molecule has 2 rings (SSSR count). The van der Waals surface area contributed by atoms with Crippen LogP contribution in [0, 0.1) is 11.6 Å². The highest BCUT2D eigenvalue weighted by molar-refractivity contribution is 9.10. The third-order valence-electron chi connectivity index (χ3n) is 3.22. The normalized spacial score (nSPS) is 12.4. The molecule has 0 amide bonds. The molecule has 0 aliphatic heterocycles. The number of nitrogens with one attached hydrogen (secondary N) is 1. The lowest BCUT2D eigenvalue weighted by Crippen LogP contribution is -2.21. The Kier molecular flexibility index (Phi) is 5.26. The Morgan fingerprint density at radius 1 is 1.10 bits per heavy atom. The first-order valence-electron chi connectivity index (χ1n) is 6.49. The fourth-order valence-corrected chi connectivity index (χ4v) is 2.38. The van der Waals surface area contributed by atoms with Crippen molar-refractivity contribution >= 4 is 15.9 Å². The Morgan fingerprint density at radius 3 is 2.45 bits per heavy atom. The van der Waals surface area contributed by atoms with Crippen molar-refractivity contribution in [2.24, 2.45) is 0 Å². The zero-order valence-electron chi connectivity index (χ0n) is 11.2. The summed E-state index contributed by atoms with van der Waals surface area (Å²) in [7, 11) is 0. The van der Waals surface area contributed by atoms with E-state index in [1.807, 2.05) is 6.92 Å². The van der Waals surface area contributed by atoms with Crippen LogP contribution in [0.3, 0.4) is 0 Å². The highest BCUT2D eigenvalue weighted by Crippen LogP contribution is 2.21. The number of hydrogen-bond acceptors (Lipinski definition) is 1. The summed E-state index contributed by atoms with van der Waals surface area (Å²) in [4.78, 5) is 0. The van der Waals surface area contributed by atoms with Gasteiger partial charge in [-0.15, -0.1) is 0 Å². The van der Waals surface area contributed by atoms with E-state index in [9.17, 15) is 8.78 Å². The maximum absolute atomic E-state index is 13.2. The first-order chi connectivity index (χ1) is 9.56. The molecule has 0 saturated heterocycles. The van der Waals surface area contributed by atoms with Gasteiger partial charge in [0.15, 0.2) is 0 Å². The van der Waals surface area contributed by atoms with Crippen LogP contribution in [0.15, 0.2) is 46.9 Å². The molecule has 0 aliphatic carbocycles. The van der Waals surface area contributed by atoms with Crippen molar-refractivity contribution in [1.29, 1.82) is 0 Å². The molecule has 106 valence electrons. The number of rotatable bonds is 5. The van der Waals surface area contributed by atoms with Gasteiger partial charge in [0, 0.05) is 6.04 Å². The van der Waals surface area contributed by atoms with Gasteiger partial charge in [0.2, 0.25) is 0 Å². The summed E-state index contributed by atoms with van der Waals surface area (Å²) in [5.41, 5.74) is 2.11. The van der Waals surface area contributed by atoms with Crippen molar-refractivity contribution in [3.63, 3.8) is 0 Å². The number of hydrogen-bond donors (Lipinski definition) is 1. The zero-order chi connectivity index (χ0) is 14.5. The third kappa shape index (κ3) is 4.12. The van der Waals surface area contributed by atoms with Crippen LogP contribution in [-0.2, 0) is 6.42 Å². The summed E-state index contributed by atoms with van der Waals surface area (Å²) < 4.78 is 26.4. The lowest BCUT2D eigenvalue weighted by molar-refractivity contribution is 0.571. The van der Waals surface area contributed by atoms with Gasteiger partial charge < -0.3 is 5.32 Å². The van der Waals surface area contributed by atoms with Gasteiger partial charge in [-0.25, -0.2) is 8.78 Å². The monoisotopic (exact) mass is 339 g/mol. The van der Waals surface area contributed by atoms with Gasteiger partial charge in [0.05, 0.1) is 4.47 Å². The predicted molar refractivity (Wildman–Crippen MR) is 80.6 cm³/mol. The molecule has 1 nitrogen and oxygen atoms in total. The van der Waals surface area contributed by atoms with E-state index in [0.29, 0.717) is 4.47 Å². The second-order valence-electron chi connectivity index (χ2n) is 4.73. The molecule has 0 bridgehead atoms. The summed E-state index contributed by atoms with van der Waals surface area (Å²) in [6.45, 7) is 2.81. The van der Waals surface area contributed by atoms with Crippen molar-refractivity contribution in [1.82, 2.24) is 5.32 Å². The molecule has 1 N–H and O–H groups in total. The quantitative estimate of drug-likeness (QED) is 0.837. The maximum atomic E-state index is 13.2. The Balaban J connectivity index is 1.87. The van der Waals surface area contributed by atoms with Crippen LogP contribution >= 0.6 is 15.9 Å². The standard InChI is InChI=1S/C16H16BrF2N/c1-11(13-4-7-16(19)15(17)10-13)20-9-8-12-2-5-14(18)6-3-12/h2-7,10-11,20H,8-9H2,1H3. The van der Waals surface area contributed by atoms with Crippen LogP contribution in [-0.4, -0.2) is 6.54 Å². The average Bonchev–Trinajstić information content (AvgIpc) is 2.44. The molecule has 0 aromatic heterocycles. The smallest absolute Gasteiger partial charge is 0.137 e. The van der Waals surface area contributed by atoms with Crippen LogP contribution < -0.4 is 5.32 Å². The number of benzene rings is 2. The van der Waals surface area contributed by atoms with Crippen LogP contribution in [0.1, 0.15) is 24.1 Å². The molecule has 0 spiro atoms. The van der Waals surface area contributed by atoms with E-state index in [1.54, 1.807) is 24.3 Å². The minimum atomic E-state index is -0.257. The van der Waals surface area contributed by atoms with E-state index in [0.717, 1.165) is 24.1 Å². The van der Waals surface area contributed by atoms with Crippen LogP contribution in [0.25, 0.3) is 0 Å². The topological polar surface area (TPSA) is 12.0 Å². The van der Waals surface area contributed by atoms with Gasteiger partial charge in [-0.1, -0.05) is 18.2 Å². The first kappa shape index (κ1) is 15.1. The molecule has 0 radical (unpaired) electrons. The van der Waals surface area contributed by atoms with E-state index in [-0.39, 0.29) is 17.7 Å². The fraction of sp³-hybridized carbons (Fsp3) is 0.250. The van der Waals surface area contributed by atoms with Gasteiger partial charge in [0.25, 0.3) is 0 Å². The highest BCUT2D eigenvalue weighted by Gasteiger charge is 2.07. The Labute approximate surface area is 126 Å². The van der Waals surface area contributed by atoms with Crippen molar-refractivity contribution < 1.29 is 8.78 Å². The summed E-state index contributed by atoms with van der Waals surface area (Å²) in [6.07, 6.45) is 0.826. The van der Waals surface area contributed by atoms with E-state index >= 15 is 0 Å². The van der Waals surface area contributed by atoms with Crippen LogP contribution in [0.5, 0.6) is 0 Å². The molecular formula is C16H16BrF2N. The Bertz CT molecular complexity index is 569. The molecule has 1 atom stereocenters. The molecule has 0 fully saturated rings. The van der Waals surface area contributed by atoms with Gasteiger partial charge in [-0.05, 0) is 71.2 Å². The fourth-order valence-electron chi connectivity index (χ4n) is 1.98. The predicted octanol–water partition coefficient (Wildman–Crippen LogP) is 4.62. The van der Waals surface area contributed by atoms with Crippen molar-refractivity contribution in [3.8, 4) is 0 Å².